The van der Waals surface area contributed by atoms with E-state index in [1.807, 2.05) is 6.92 Å². The van der Waals surface area contributed by atoms with Crippen molar-refractivity contribution in [3.8, 4) is 0 Å². The smallest absolute Gasteiger partial charge is 0.250 e. The summed E-state index contributed by atoms with van der Waals surface area (Å²) in [6.45, 7) is 3.62. The molecule has 1 atom stereocenters. The number of carbonyl (C=O) groups is 1. The number of carbonyl (C=O) groups excluding carboxylic acids is 1. The molecule has 0 radical (unpaired) electrons. The highest BCUT2D eigenvalue weighted by Gasteiger charge is 2.20. The summed E-state index contributed by atoms with van der Waals surface area (Å²) in [5.41, 5.74) is 1.07. The summed E-state index contributed by atoms with van der Waals surface area (Å²) in [6, 6.07) is 3.87. The van der Waals surface area contributed by atoms with Crippen molar-refractivity contribution in [2.24, 2.45) is 0 Å². The van der Waals surface area contributed by atoms with Crippen LogP contribution in [0.1, 0.15) is 24.2 Å². The van der Waals surface area contributed by atoms with Gasteiger partial charge in [-0.25, -0.2) is 4.39 Å². The van der Waals surface area contributed by atoms with E-state index < -0.39 is 11.9 Å². The van der Waals surface area contributed by atoms with Gasteiger partial charge in [0.05, 0.1) is 16.7 Å². The molecule has 1 aromatic carbocycles. The first-order valence-electron chi connectivity index (χ1n) is 7.94. The third kappa shape index (κ3) is 4.34. The summed E-state index contributed by atoms with van der Waals surface area (Å²) in [5.74, 6) is -0.585. The summed E-state index contributed by atoms with van der Waals surface area (Å²) in [6.07, 6.45) is 3.22. The number of hydrogen-bond acceptors (Lipinski definition) is 3. The number of amides is 1. The normalized spacial score (nSPS) is 12.2. The Balaban J connectivity index is 1.75. The molecule has 6 nitrogen and oxygen atoms in total. The lowest BCUT2D eigenvalue weighted by atomic mass is 10.2. The number of aryl methyl sites for hydroxylation is 1. The van der Waals surface area contributed by atoms with Crippen LogP contribution in [0.15, 0.2) is 35.1 Å². The first-order chi connectivity index (χ1) is 12.8. The van der Waals surface area contributed by atoms with Gasteiger partial charge in [0.15, 0.2) is 5.82 Å². The zero-order valence-electron chi connectivity index (χ0n) is 14.4. The number of rotatable bonds is 5. The predicted molar refractivity (Wildman–Crippen MR) is 106 cm³/mol. The van der Waals surface area contributed by atoms with Crippen LogP contribution in [0.3, 0.4) is 0 Å². The Morgan fingerprint density at radius 1 is 1.30 bits per heavy atom. The Labute approximate surface area is 173 Å². The third-order valence-electron chi connectivity index (χ3n) is 3.97. The van der Waals surface area contributed by atoms with Gasteiger partial charge in [0, 0.05) is 23.0 Å². The van der Waals surface area contributed by atoms with Gasteiger partial charge in [-0.15, -0.1) is 0 Å². The number of nitrogens with one attached hydrogen (secondary N) is 1. The van der Waals surface area contributed by atoms with E-state index in [0.717, 1.165) is 10.2 Å². The second kappa shape index (κ2) is 8.00. The minimum Gasteiger partial charge on any atom is -0.306 e. The molecule has 2 aromatic heterocycles. The molecule has 10 heteroatoms. The predicted octanol–water partition coefficient (Wildman–Crippen LogP) is 4.84. The molecule has 0 saturated carbocycles. The average molecular weight is 475 g/mol. The van der Waals surface area contributed by atoms with Crippen molar-refractivity contribution in [1.82, 2.24) is 19.6 Å². The number of benzene rings is 1. The van der Waals surface area contributed by atoms with E-state index in [-0.39, 0.29) is 23.3 Å². The molecular weight excluding hydrogens is 460 g/mol. The van der Waals surface area contributed by atoms with Gasteiger partial charge in [-0.1, -0.05) is 29.3 Å². The molecule has 0 aliphatic rings. The van der Waals surface area contributed by atoms with E-state index in [2.05, 4.69) is 31.4 Å². The van der Waals surface area contributed by atoms with Crippen molar-refractivity contribution in [2.45, 2.75) is 26.4 Å². The van der Waals surface area contributed by atoms with Crippen LogP contribution < -0.4 is 5.32 Å². The molecule has 0 fully saturated rings. The van der Waals surface area contributed by atoms with E-state index in [9.17, 15) is 9.18 Å². The molecule has 27 heavy (non-hydrogen) atoms. The third-order valence-corrected chi connectivity index (χ3v) is 5.38. The van der Waals surface area contributed by atoms with E-state index in [1.165, 1.54) is 23.0 Å². The molecule has 2 heterocycles. The molecule has 0 aliphatic carbocycles. The van der Waals surface area contributed by atoms with Gasteiger partial charge in [0.25, 0.3) is 0 Å². The fraction of sp³-hybridized carbons (Fsp3) is 0.235. The Kier molecular flexibility index (Phi) is 5.88. The van der Waals surface area contributed by atoms with Crippen LogP contribution in [0.5, 0.6) is 0 Å². The van der Waals surface area contributed by atoms with Crippen molar-refractivity contribution in [1.29, 1.82) is 0 Å². The molecule has 0 aliphatic heterocycles. The molecule has 1 amide bonds. The lowest BCUT2D eigenvalue weighted by molar-refractivity contribution is -0.119. The SMILES string of the molecule is Cc1nn(C(C)C(=O)Nc2nn(Cc3c(F)cccc3Cl)cc2Cl)cc1Br. The monoisotopic (exact) mass is 473 g/mol. The summed E-state index contributed by atoms with van der Waals surface area (Å²) >= 11 is 15.6. The summed E-state index contributed by atoms with van der Waals surface area (Å²) < 4.78 is 17.7. The molecule has 0 spiro atoms. The Morgan fingerprint density at radius 3 is 2.67 bits per heavy atom. The van der Waals surface area contributed by atoms with Crippen molar-refractivity contribution < 1.29 is 9.18 Å². The van der Waals surface area contributed by atoms with E-state index in [4.69, 9.17) is 23.2 Å². The van der Waals surface area contributed by atoms with Crippen LogP contribution in [0.25, 0.3) is 0 Å². The molecule has 1 unspecified atom stereocenters. The first kappa shape index (κ1) is 19.9. The van der Waals surface area contributed by atoms with Crippen LogP contribution >= 0.6 is 39.1 Å². The number of hydrogen-bond donors (Lipinski definition) is 1. The van der Waals surface area contributed by atoms with Gasteiger partial charge in [0.2, 0.25) is 5.91 Å². The molecule has 0 bridgehead atoms. The number of anilines is 1. The lowest BCUT2D eigenvalue weighted by Gasteiger charge is -2.11. The van der Waals surface area contributed by atoms with Gasteiger partial charge in [-0.2, -0.15) is 10.2 Å². The van der Waals surface area contributed by atoms with Gasteiger partial charge in [0.1, 0.15) is 16.9 Å². The molecule has 142 valence electrons. The molecule has 3 aromatic rings. The summed E-state index contributed by atoms with van der Waals surface area (Å²) in [7, 11) is 0. The Hall–Kier alpha value is -1.90. The topological polar surface area (TPSA) is 64.7 Å². The highest BCUT2D eigenvalue weighted by atomic mass is 79.9. The molecule has 3 rings (SSSR count). The second-order valence-corrected chi connectivity index (χ2v) is 7.60. The van der Waals surface area contributed by atoms with Crippen LogP contribution in [0.2, 0.25) is 10.0 Å². The van der Waals surface area contributed by atoms with Gasteiger partial charge in [-0.3, -0.25) is 14.2 Å². The second-order valence-electron chi connectivity index (χ2n) is 5.93. The minimum atomic E-state index is -0.572. The first-order valence-corrected chi connectivity index (χ1v) is 9.49. The minimum absolute atomic E-state index is 0.0853. The van der Waals surface area contributed by atoms with E-state index in [0.29, 0.717) is 10.6 Å². The average Bonchev–Trinajstić information content (AvgIpc) is 3.13. The van der Waals surface area contributed by atoms with Gasteiger partial charge in [-0.05, 0) is 41.9 Å². The van der Waals surface area contributed by atoms with Gasteiger partial charge >= 0.3 is 0 Å². The van der Waals surface area contributed by atoms with Crippen molar-refractivity contribution in [3.63, 3.8) is 0 Å². The van der Waals surface area contributed by atoms with Crippen LogP contribution in [0, 0.1) is 12.7 Å². The molecular formula is C17H15BrCl2FN5O. The van der Waals surface area contributed by atoms with Gasteiger partial charge < -0.3 is 5.32 Å². The summed E-state index contributed by atoms with van der Waals surface area (Å²) in [4.78, 5) is 12.5. The maximum Gasteiger partial charge on any atom is 0.250 e. The van der Waals surface area contributed by atoms with Crippen molar-refractivity contribution >= 4 is 50.9 Å². The highest BCUT2D eigenvalue weighted by Crippen LogP contribution is 2.24. The quantitative estimate of drug-likeness (QED) is 0.575. The van der Waals surface area contributed by atoms with Crippen LogP contribution in [0.4, 0.5) is 10.2 Å². The standard InChI is InChI=1S/C17H15BrCl2FN5O/c1-9-12(18)7-26(23-9)10(2)17(27)22-16-14(20)8-25(24-16)6-11-13(19)4-3-5-15(11)21/h3-5,7-8,10H,6H2,1-2H3,(H,22,24,27). The fourth-order valence-electron chi connectivity index (χ4n) is 2.41. The van der Waals surface area contributed by atoms with Crippen molar-refractivity contribution in [3.05, 3.63) is 62.2 Å². The zero-order chi connectivity index (χ0) is 19.7. The zero-order valence-corrected chi connectivity index (χ0v) is 17.5. The Bertz CT molecular complexity index is 964. The largest absolute Gasteiger partial charge is 0.306 e. The highest BCUT2D eigenvalue weighted by molar-refractivity contribution is 9.10. The number of aromatic nitrogens is 4. The number of halogens is 4. The Morgan fingerprint density at radius 2 is 2.04 bits per heavy atom. The lowest BCUT2D eigenvalue weighted by Crippen LogP contribution is -2.24. The molecule has 0 saturated heterocycles. The van der Waals surface area contributed by atoms with E-state index in [1.54, 1.807) is 23.9 Å². The fourth-order valence-corrected chi connectivity index (χ4v) is 3.12. The molecule has 1 N–H and O–H groups in total. The number of nitrogens with zero attached hydrogens (tertiary/aromatic N) is 4. The van der Waals surface area contributed by atoms with Crippen LogP contribution in [-0.2, 0) is 11.3 Å². The van der Waals surface area contributed by atoms with Crippen LogP contribution in [-0.4, -0.2) is 25.5 Å². The summed E-state index contributed by atoms with van der Waals surface area (Å²) in [5, 5.41) is 11.7. The maximum atomic E-state index is 13.9. The van der Waals surface area contributed by atoms with E-state index >= 15 is 0 Å². The van der Waals surface area contributed by atoms with Crippen molar-refractivity contribution in [2.75, 3.05) is 5.32 Å². The maximum absolute atomic E-state index is 13.9.